The number of rotatable bonds is 10. The summed E-state index contributed by atoms with van der Waals surface area (Å²) >= 11 is 4.23. The number of carbonyl (C=O) groups is 3. The van der Waals surface area contributed by atoms with E-state index in [1.807, 2.05) is 66.7 Å². The third-order valence-corrected chi connectivity index (χ3v) is 8.01. The number of hydrogen-bond donors (Lipinski definition) is 1. The van der Waals surface area contributed by atoms with Crippen molar-refractivity contribution in [1.82, 2.24) is 4.90 Å². The number of hydrogen-bond acceptors (Lipinski definition) is 6. The number of halogens is 1. The molecular formula is C33H27BrN2O5S. The van der Waals surface area contributed by atoms with Crippen LogP contribution in [-0.4, -0.2) is 35.6 Å². The molecule has 1 fully saturated rings. The maximum absolute atomic E-state index is 13.2. The van der Waals surface area contributed by atoms with Gasteiger partial charge in [-0.2, -0.15) is 0 Å². The van der Waals surface area contributed by atoms with E-state index in [-0.39, 0.29) is 11.4 Å². The van der Waals surface area contributed by atoms with Crippen LogP contribution in [0.1, 0.15) is 16.7 Å². The van der Waals surface area contributed by atoms with Crippen molar-refractivity contribution in [3.63, 3.8) is 0 Å². The molecule has 0 radical (unpaired) electrons. The van der Waals surface area contributed by atoms with Gasteiger partial charge in [0.25, 0.3) is 11.1 Å². The molecule has 0 bridgehead atoms. The zero-order chi connectivity index (χ0) is 29.6. The highest BCUT2D eigenvalue weighted by Crippen LogP contribution is 2.37. The summed E-state index contributed by atoms with van der Waals surface area (Å²) in [7, 11) is 1.55. The number of anilines is 1. The van der Waals surface area contributed by atoms with Gasteiger partial charge in [-0.1, -0.05) is 70.5 Å². The molecule has 1 aliphatic rings. The SMILES string of the molecule is C=CCc1cc(/C=C2\SC(=O)N(CC(=O)Nc3cccc4ccccc34)C2=O)cc(OC)c1OCc1ccc(Br)cc1. The molecule has 1 N–H and O–H groups in total. The van der Waals surface area contributed by atoms with Gasteiger partial charge in [-0.3, -0.25) is 19.3 Å². The quantitative estimate of drug-likeness (QED) is 0.142. The lowest BCUT2D eigenvalue weighted by Crippen LogP contribution is -2.36. The highest BCUT2D eigenvalue weighted by Gasteiger charge is 2.36. The van der Waals surface area contributed by atoms with Gasteiger partial charge in [-0.05, 0) is 71.1 Å². The first kappa shape index (κ1) is 29.2. The molecule has 0 atom stereocenters. The zero-order valence-electron chi connectivity index (χ0n) is 22.8. The van der Waals surface area contributed by atoms with Crippen molar-refractivity contribution in [3.05, 3.63) is 118 Å². The Morgan fingerprint density at radius 3 is 2.57 bits per heavy atom. The van der Waals surface area contributed by atoms with Crippen LogP contribution >= 0.6 is 27.7 Å². The average molecular weight is 644 g/mol. The van der Waals surface area contributed by atoms with Gasteiger partial charge in [0.1, 0.15) is 13.2 Å². The fourth-order valence-electron chi connectivity index (χ4n) is 4.58. The Hall–Kier alpha value is -4.34. The number of methoxy groups -OCH3 is 1. The van der Waals surface area contributed by atoms with E-state index < -0.39 is 17.1 Å². The van der Waals surface area contributed by atoms with E-state index in [0.717, 1.165) is 43.0 Å². The van der Waals surface area contributed by atoms with E-state index in [0.29, 0.717) is 35.8 Å². The molecule has 0 aliphatic carbocycles. The number of benzene rings is 4. The van der Waals surface area contributed by atoms with Gasteiger partial charge in [0.15, 0.2) is 11.5 Å². The number of fused-ring (bicyclic) bond motifs is 1. The molecule has 4 aromatic rings. The van der Waals surface area contributed by atoms with Gasteiger partial charge in [0.2, 0.25) is 5.91 Å². The van der Waals surface area contributed by atoms with Crippen molar-refractivity contribution >= 4 is 67.3 Å². The van der Waals surface area contributed by atoms with Crippen molar-refractivity contribution in [2.24, 2.45) is 0 Å². The minimum Gasteiger partial charge on any atom is -0.493 e. The maximum Gasteiger partial charge on any atom is 0.294 e. The highest BCUT2D eigenvalue weighted by molar-refractivity contribution is 9.10. The number of nitrogens with one attached hydrogen (secondary N) is 1. The molecule has 1 aliphatic heterocycles. The molecular weight excluding hydrogens is 616 g/mol. The Kier molecular flexibility index (Phi) is 9.09. The van der Waals surface area contributed by atoms with Crippen molar-refractivity contribution in [1.29, 1.82) is 0 Å². The van der Waals surface area contributed by atoms with Gasteiger partial charge in [0.05, 0.1) is 12.0 Å². The number of nitrogens with zero attached hydrogens (tertiary/aromatic N) is 1. The van der Waals surface area contributed by atoms with Crippen LogP contribution in [0, 0.1) is 0 Å². The summed E-state index contributed by atoms with van der Waals surface area (Å²) in [6, 6.07) is 24.7. The van der Waals surface area contributed by atoms with Gasteiger partial charge in [-0.15, -0.1) is 6.58 Å². The summed E-state index contributed by atoms with van der Waals surface area (Å²) < 4.78 is 12.8. The van der Waals surface area contributed by atoms with Crippen LogP contribution in [-0.2, 0) is 22.6 Å². The molecule has 7 nitrogen and oxygen atoms in total. The Morgan fingerprint density at radius 2 is 1.81 bits per heavy atom. The number of ether oxygens (including phenoxy) is 2. The Balaban J connectivity index is 1.33. The average Bonchev–Trinajstić information content (AvgIpc) is 3.24. The topological polar surface area (TPSA) is 84.9 Å². The molecule has 0 unspecified atom stereocenters. The molecule has 3 amide bonds. The first-order valence-corrected chi connectivity index (χ1v) is 14.7. The molecule has 9 heteroatoms. The monoisotopic (exact) mass is 642 g/mol. The smallest absolute Gasteiger partial charge is 0.294 e. The summed E-state index contributed by atoms with van der Waals surface area (Å²) in [6.45, 7) is 3.81. The molecule has 0 aromatic heterocycles. The predicted molar refractivity (Wildman–Crippen MR) is 171 cm³/mol. The molecule has 1 heterocycles. The van der Waals surface area contributed by atoms with E-state index in [2.05, 4.69) is 27.8 Å². The second kappa shape index (κ2) is 13.1. The van der Waals surface area contributed by atoms with Gasteiger partial charge in [-0.25, -0.2) is 0 Å². The zero-order valence-corrected chi connectivity index (χ0v) is 25.2. The van der Waals surface area contributed by atoms with Crippen LogP contribution in [0.2, 0.25) is 0 Å². The molecule has 0 spiro atoms. The molecule has 1 saturated heterocycles. The fraction of sp³-hybridized carbons (Fsp3) is 0.121. The van der Waals surface area contributed by atoms with E-state index in [4.69, 9.17) is 9.47 Å². The predicted octanol–water partition coefficient (Wildman–Crippen LogP) is 7.59. The summed E-state index contributed by atoms with van der Waals surface area (Å²) in [5, 5.41) is 4.17. The number of thioether (sulfide) groups is 1. The van der Waals surface area contributed by atoms with Crippen LogP contribution in [0.5, 0.6) is 11.5 Å². The number of amides is 3. The van der Waals surface area contributed by atoms with Crippen LogP contribution < -0.4 is 14.8 Å². The van der Waals surface area contributed by atoms with Gasteiger partial charge < -0.3 is 14.8 Å². The van der Waals surface area contributed by atoms with Gasteiger partial charge >= 0.3 is 0 Å². The number of imide groups is 1. The first-order chi connectivity index (χ1) is 20.4. The molecule has 212 valence electrons. The molecule has 5 rings (SSSR count). The van der Waals surface area contributed by atoms with Crippen molar-refractivity contribution in [2.45, 2.75) is 13.0 Å². The lowest BCUT2D eigenvalue weighted by atomic mass is 10.0. The van der Waals surface area contributed by atoms with E-state index >= 15 is 0 Å². The first-order valence-electron chi connectivity index (χ1n) is 13.1. The summed E-state index contributed by atoms with van der Waals surface area (Å²) in [5.41, 5.74) is 3.09. The number of allylic oxidation sites excluding steroid dienone is 1. The lowest BCUT2D eigenvalue weighted by Gasteiger charge is -2.16. The van der Waals surface area contributed by atoms with Crippen LogP contribution in [0.4, 0.5) is 10.5 Å². The highest BCUT2D eigenvalue weighted by atomic mass is 79.9. The Bertz CT molecular complexity index is 1710. The normalized spacial score (nSPS) is 14.0. The summed E-state index contributed by atoms with van der Waals surface area (Å²) in [5.74, 6) is 0.0806. The molecule has 4 aromatic carbocycles. The molecule has 0 saturated carbocycles. The van der Waals surface area contributed by atoms with E-state index in [1.165, 1.54) is 0 Å². The fourth-order valence-corrected chi connectivity index (χ4v) is 5.68. The minimum atomic E-state index is -0.530. The second-order valence-electron chi connectivity index (χ2n) is 9.46. The second-order valence-corrected chi connectivity index (χ2v) is 11.4. The lowest BCUT2D eigenvalue weighted by molar-refractivity contribution is -0.127. The summed E-state index contributed by atoms with van der Waals surface area (Å²) in [6.07, 6.45) is 3.89. The molecule has 42 heavy (non-hydrogen) atoms. The van der Waals surface area contributed by atoms with E-state index in [9.17, 15) is 14.4 Å². The van der Waals surface area contributed by atoms with Crippen molar-refractivity contribution < 1.29 is 23.9 Å². The third kappa shape index (κ3) is 6.58. The van der Waals surface area contributed by atoms with Gasteiger partial charge in [0, 0.05) is 21.1 Å². The third-order valence-electron chi connectivity index (χ3n) is 6.57. The maximum atomic E-state index is 13.2. The number of carbonyl (C=O) groups excluding carboxylic acids is 3. The van der Waals surface area contributed by atoms with Crippen LogP contribution in [0.25, 0.3) is 16.8 Å². The standard InChI is InChI=1S/C33H27BrN2O5S/c1-3-7-24-16-22(17-28(40-2)31(24)41-20-21-12-14-25(34)15-13-21)18-29-32(38)36(33(39)42-29)19-30(37)35-27-11-6-9-23-8-4-5-10-26(23)27/h3-6,8-18H,1,7,19-20H2,2H3,(H,35,37)/b29-18-. The van der Waals surface area contributed by atoms with Crippen LogP contribution in [0.15, 0.2) is 101 Å². The van der Waals surface area contributed by atoms with E-state index in [1.54, 1.807) is 31.4 Å². The Labute approximate surface area is 256 Å². The largest absolute Gasteiger partial charge is 0.493 e. The van der Waals surface area contributed by atoms with Crippen molar-refractivity contribution in [3.8, 4) is 11.5 Å². The summed E-state index contributed by atoms with van der Waals surface area (Å²) in [4.78, 5) is 40.0. The Morgan fingerprint density at radius 1 is 1.05 bits per heavy atom. The van der Waals surface area contributed by atoms with Crippen LogP contribution in [0.3, 0.4) is 0 Å². The van der Waals surface area contributed by atoms with Crippen molar-refractivity contribution in [2.75, 3.05) is 19.0 Å². The minimum absolute atomic E-state index is 0.216.